The van der Waals surface area contributed by atoms with Crippen molar-refractivity contribution in [3.8, 4) is 0 Å². The number of carbonyl (C=O) groups is 1. The van der Waals surface area contributed by atoms with E-state index in [2.05, 4.69) is 5.32 Å². The van der Waals surface area contributed by atoms with E-state index in [4.69, 9.17) is 4.74 Å². The Bertz CT molecular complexity index is 731. The molecule has 0 saturated carbocycles. The van der Waals surface area contributed by atoms with Gasteiger partial charge in [-0.2, -0.15) is 17.0 Å². The molecular formula is C18H29ClN4O4S. The van der Waals surface area contributed by atoms with Crippen molar-refractivity contribution in [1.82, 2.24) is 13.5 Å². The molecule has 158 valence electrons. The van der Waals surface area contributed by atoms with Crippen LogP contribution in [0.15, 0.2) is 30.3 Å². The maximum atomic E-state index is 12.9. The van der Waals surface area contributed by atoms with Crippen LogP contribution in [-0.2, 0) is 19.7 Å². The summed E-state index contributed by atoms with van der Waals surface area (Å²) in [5, 5.41) is 3.10. The summed E-state index contributed by atoms with van der Waals surface area (Å²) in [6.07, 6.45) is -0.231. The number of hydrogen-bond donors (Lipinski definition) is 1. The van der Waals surface area contributed by atoms with Crippen molar-refractivity contribution in [2.45, 2.75) is 26.1 Å². The Morgan fingerprint density at radius 2 is 1.61 bits per heavy atom. The number of piperazine rings is 1. The van der Waals surface area contributed by atoms with Crippen LogP contribution in [0, 0.1) is 0 Å². The summed E-state index contributed by atoms with van der Waals surface area (Å²) in [5.74, 6) is -0.0236. The molecular weight excluding hydrogens is 404 g/mol. The predicted octanol–water partition coefficient (Wildman–Crippen LogP) is 1.02. The second-order valence-corrected chi connectivity index (χ2v) is 9.01. The van der Waals surface area contributed by atoms with Crippen molar-refractivity contribution in [3.63, 3.8) is 0 Å². The zero-order valence-corrected chi connectivity index (χ0v) is 17.9. The summed E-state index contributed by atoms with van der Waals surface area (Å²) in [6, 6.07) is 9.54. The molecule has 2 atom stereocenters. The number of amides is 1. The number of para-hydroxylation sites is 1. The van der Waals surface area contributed by atoms with Gasteiger partial charge in [0.2, 0.25) is 5.91 Å². The molecule has 2 saturated heterocycles. The van der Waals surface area contributed by atoms with E-state index in [0.717, 1.165) is 5.69 Å². The Kier molecular flexibility index (Phi) is 8.08. The maximum Gasteiger partial charge on any atom is 0.282 e. The van der Waals surface area contributed by atoms with Crippen LogP contribution in [0.3, 0.4) is 0 Å². The second-order valence-electron chi connectivity index (χ2n) is 7.08. The van der Waals surface area contributed by atoms with E-state index in [1.807, 2.05) is 44.2 Å². The third kappa shape index (κ3) is 5.57. The lowest BCUT2D eigenvalue weighted by atomic mass is 10.3. The van der Waals surface area contributed by atoms with Gasteiger partial charge in [0.25, 0.3) is 10.2 Å². The summed E-state index contributed by atoms with van der Waals surface area (Å²) in [5.41, 5.74) is 0.891. The van der Waals surface area contributed by atoms with Crippen LogP contribution in [-0.4, -0.2) is 85.9 Å². The molecule has 2 aliphatic heterocycles. The Morgan fingerprint density at radius 1 is 1.04 bits per heavy atom. The number of hydrogen-bond acceptors (Lipinski definition) is 5. The minimum absolute atomic E-state index is 0. The zero-order chi connectivity index (χ0) is 19.4. The number of morpholine rings is 1. The van der Waals surface area contributed by atoms with Crippen molar-refractivity contribution in [3.05, 3.63) is 30.3 Å². The summed E-state index contributed by atoms with van der Waals surface area (Å²) in [4.78, 5) is 14.1. The van der Waals surface area contributed by atoms with Crippen molar-refractivity contribution >= 4 is 34.2 Å². The fourth-order valence-electron chi connectivity index (χ4n) is 3.50. The van der Waals surface area contributed by atoms with Crippen LogP contribution in [0.5, 0.6) is 0 Å². The number of nitrogens with zero attached hydrogens (tertiary/aromatic N) is 3. The molecule has 1 aromatic rings. The van der Waals surface area contributed by atoms with E-state index in [-0.39, 0.29) is 37.1 Å². The van der Waals surface area contributed by atoms with Crippen LogP contribution in [0.25, 0.3) is 0 Å². The summed E-state index contributed by atoms with van der Waals surface area (Å²) in [6.45, 7) is 6.16. The molecule has 8 nitrogen and oxygen atoms in total. The Hall–Kier alpha value is -1.39. The molecule has 2 unspecified atom stereocenters. The minimum Gasteiger partial charge on any atom is -0.376 e. The van der Waals surface area contributed by atoms with E-state index in [9.17, 15) is 13.2 Å². The fourth-order valence-corrected chi connectivity index (χ4v) is 5.24. The molecule has 0 aliphatic carbocycles. The molecule has 1 N–H and O–H groups in total. The summed E-state index contributed by atoms with van der Waals surface area (Å²) in [7, 11) is -3.52. The summed E-state index contributed by atoms with van der Waals surface area (Å²) >= 11 is 0. The topological polar surface area (TPSA) is 82.2 Å². The average molecular weight is 433 g/mol. The van der Waals surface area contributed by atoms with E-state index in [1.54, 1.807) is 4.90 Å². The number of benzene rings is 1. The van der Waals surface area contributed by atoms with Crippen LogP contribution in [0.4, 0.5) is 5.69 Å². The van der Waals surface area contributed by atoms with E-state index in [1.165, 1.54) is 8.61 Å². The Morgan fingerprint density at radius 3 is 2.18 bits per heavy atom. The lowest BCUT2D eigenvalue weighted by Gasteiger charge is -2.40. The first-order valence-electron chi connectivity index (χ1n) is 9.33. The van der Waals surface area contributed by atoms with E-state index < -0.39 is 10.2 Å². The van der Waals surface area contributed by atoms with Crippen LogP contribution < -0.4 is 5.32 Å². The molecule has 3 rings (SSSR count). The maximum absolute atomic E-state index is 12.9. The van der Waals surface area contributed by atoms with Crippen LogP contribution >= 0.6 is 12.4 Å². The van der Waals surface area contributed by atoms with Gasteiger partial charge in [0.1, 0.15) is 0 Å². The van der Waals surface area contributed by atoms with Gasteiger partial charge in [0, 0.05) is 45.0 Å². The molecule has 0 radical (unpaired) electrons. The monoisotopic (exact) mass is 432 g/mol. The van der Waals surface area contributed by atoms with E-state index in [0.29, 0.717) is 39.3 Å². The SMILES string of the molecule is CC1CN(S(=O)(=O)N2CCN(C(=O)CNc3ccccc3)CC2)CC(C)O1.Cl. The van der Waals surface area contributed by atoms with Gasteiger partial charge < -0.3 is 15.0 Å². The average Bonchev–Trinajstić information content (AvgIpc) is 2.66. The minimum atomic E-state index is -3.52. The van der Waals surface area contributed by atoms with Gasteiger partial charge in [-0.05, 0) is 26.0 Å². The van der Waals surface area contributed by atoms with Gasteiger partial charge in [0.05, 0.1) is 18.8 Å². The molecule has 2 fully saturated rings. The number of carbonyl (C=O) groups excluding carboxylic acids is 1. The predicted molar refractivity (Wildman–Crippen MR) is 111 cm³/mol. The third-order valence-corrected chi connectivity index (χ3v) is 6.82. The number of anilines is 1. The summed E-state index contributed by atoms with van der Waals surface area (Å²) < 4.78 is 34.4. The first-order valence-corrected chi connectivity index (χ1v) is 10.7. The fraction of sp³-hybridized carbons (Fsp3) is 0.611. The number of nitrogens with one attached hydrogen (secondary N) is 1. The number of ether oxygens (including phenoxy) is 1. The highest BCUT2D eigenvalue weighted by molar-refractivity contribution is 7.86. The Labute approximate surface area is 173 Å². The highest BCUT2D eigenvalue weighted by atomic mass is 35.5. The van der Waals surface area contributed by atoms with Gasteiger partial charge in [-0.15, -0.1) is 12.4 Å². The van der Waals surface area contributed by atoms with Crippen molar-refractivity contribution in [1.29, 1.82) is 0 Å². The van der Waals surface area contributed by atoms with Crippen LogP contribution in [0.2, 0.25) is 0 Å². The van der Waals surface area contributed by atoms with Gasteiger partial charge >= 0.3 is 0 Å². The van der Waals surface area contributed by atoms with E-state index >= 15 is 0 Å². The van der Waals surface area contributed by atoms with Crippen molar-refractivity contribution < 1.29 is 17.9 Å². The standard InChI is InChI=1S/C18H28N4O4S.ClH/c1-15-13-22(14-16(2)26-15)27(24,25)21-10-8-20(9-11-21)18(23)12-19-17-6-4-3-5-7-17;/h3-7,15-16,19H,8-14H2,1-2H3;1H. The molecule has 1 aromatic carbocycles. The Balaban J connectivity index is 0.00000280. The molecule has 28 heavy (non-hydrogen) atoms. The lowest BCUT2D eigenvalue weighted by Crippen LogP contribution is -2.58. The third-order valence-electron chi connectivity index (χ3n) is 4.85. The first-order chi connectivity index (χ1) is 12.9. The molecule has 0 bridgehead atoms. The number of rotatable bonds is 5. The van der Waals surface area contributed by atoms with Gasteiger partial charge in [-0.25, -0.2) is 0 Å². The van der Waals surface area contributed by atoms with Gasteiger partial charge in [-0.1, -0.05) is 18.2 Å². The lowest BCUT2D eigenvalue weighted by molar-refractivity contribution is -0.130. The molecule has 0 spiro atoms. The number of halogens is 1. The van der Waals surface area contributed by atoms with Crippen LogP contribution in [0.1, 0.15) is 13.8 Å². The van der Waals surface area contributed by atoms with Crippen molar-refractivity contribution in [2.24, 2.45) is 0 Å². The highest BCUT2D eigenvalue weighted by Gasteiger charge is 2.37. The quantitative estimate of drug-likeness (QED) is 0.751. The highest BCUT2D eigenvalue weighted by Crippen LogP contribution is 2.19. The normalized spacial score (nSPS) is 24.4. The molecule has 2 heterocycles. The molecule has 10 heteroatoms. The molecule has 1 amide bonds. The zero-order valence-electron chi connectivity index (χ0n) is 16.3. The van der Waals surface area contributed by atoms with Gasteiger partial charge in [-0.3, -0.25) is 4.79 Å². The molecule has 0 aromatic heterocycles. The largest absolute Gasteiger partial charge is 0.376 e. The first kappa shape index (κ1) is 22.9. The smallest absolute Gasteiger partial charge is 0.282 e. The second kappa shape index (κ2) is 9.89. The van der Waals surface area contributed by atoms with Crippen molar-refractivity contribution in [2.75, 3.05) is 51.1 Å². The molecule has 2 aliphatic rings. The van der Waals surface area contributed by atoms with Gasteiger partial charge in [0.15, 0.2) is 0 Å².